The van der Waals surface area contributed by atoms with E-state index in [0.717, 1.165) is 5.56 Å². The molecule has 1 amide bonds. The summed E-state index contributed by atoms with van der Waals surface area (Å²) in [6.45, 7) is 4.82. The number of hydrogen-bond donors (Lipinski definition) is 0. The number of benzene rings is 1. The second-order valence-electron chi connectivity index (χ2n) is 6.21. The second kappa shape index (κ2) is 8.55. The Morgan fingerprint density at radius 1 is 1.38 bits per heavy atom. The summed E-state index contributed by atoms with van der Waals surface area (Å²) < 4.78 is 10.2. The fourth-order valence-corrected chi connectivity index (χ4v) is 2.14. The minimum Gasteiger partial charge on any atom is -0.449 e. The van der Waals surface area contributed by atoms with Crippen LogP contribution in [0.3, 0.4) is 0 Å². The Labute approximate surface area is 146 Å². The number of likely N-dealkylation sites (N-methyl/N-ethyl adjacent to an activating group) is 1. The van der Waals surface area contributed by atoms with Crippen LogP contribution in [0.4, 0.5) is 4.79 Å². The molecule has 0 saturated heterocycles. The highest BCUT2D eigenvalue weighted by Crippen LogP contribution is 2.17. The number of halogens is 1. The number of ether oxygens (including phenoxy) is 2. The van der Waals surface area contributed by atoms with Crippen molar-refractivity contribution in [2.75, 3.05) is 13.7 Å². The van der Waals surface area contributed by atoms with Gasteiger partial charge in [0.15, 0.2) is 6.61 Å². The number of amides is 1. The maximum Gasteiger partial charge on any atom is 0.410 e. The molecule has 0 N–H and O–H groups in total. The minimum atomic E-state index is -0.924. The lowest BCUT2D eigenvalue weighted by Crippen LogP contribution is -2.46. The average Bonchev–Trinajstić information content (AvgIpc) is 2.48. The number of hydrogen-bond acceptors (Lipinski definition) is 5. The van der Waals surface area contributed by atoms with E-state index < -0.39 is 23.7 Å². The summed E-state index contributed by atoms with van der Waals surface area (Å²) in [4.78, 5) is 25.7. The molecular weight excluding hydrogens is 332 g/mol. The van der Waals surface area contributed by atoms with E-state index in [4.69, 9.17) is 26.3 Å². The van der Waals surface area contributed by atoms with E-state index in [9.17, 15) is 9.59 Å². The van der Waals surface area contributed by atoms with Crippen LogP contribution in [-0.2, 0) is 20.7 Å². The molecule has 0 bridgehead atoms. The van der Waals surface area contributed by atoms with Gasteiger partial charge in [0.2, 0.25) is 0 Å². The third kappa shape index (κ3) is 6.47. The van der Waals surface area contributed by atoms with Crippen LogP contribution in [0.15, 0.2) is 24.3 Å². The molecule has 7 heteroatoms. The van der Waals surface area contributed by atoms with Gasteiger partial charge >= 0.3 is 12.1 Å². The summed E-state index contributed by atoms with van der Waals surface area (Å²) in [6.07, 6.45) is -0.455. The van der Waals surface area contributed by atoms with Crippen LogP contribution in [0.2, 0.25) is 5.02 Å². The molecule has 0 aromatic heterocycles. The normalized spacial score (nSPS) is 12.0. The van der Waals surface area contributed by atoms with Crippen molar-refractivity contribution in [3.05, 3.63) is 34.9 Å². The van der Waals surface area contributed by atoms with Crippen molar-refractivity contribution in [1.82, 2.24) is 4.90 Å². The third-order valence-electron chi connectivity index (χ3n) is 3.02. The van der Waals surface area contributed by atoms with Crippen LogP contribution < -0.4 is 0 Å². The number of rotatable bonds is 5. The molecule has 0 aliphatic heterocycles. The van der Waals surface area contributed by atoms with Gasteiger partial charge in [0.05, 0.1) is 0 Å². The van der Waals surface area contributed by atoms with Crippen molar-refractivity contribution >= 4 is 23.7 Å². The van der Waals surface area contributed by atoms with Gasteiger partial charge in [-0.05, 0) is 38.5 Å². The van der Waals surface area contributed by atoms with Gasteiger partial charge in [0, 0.05) is 18.5 Å². The topological polar surface area (TPSA) is 79.6 Å². The van der Waals surface area contributed by atoms with Gasteiger partial charge in [-0.15, -0.1) is 0 Å². The second-order valence-corrected chi connectivity index (χ2v) is 6.64. The summed E-state index contributed by atoms with van der Waals surface area (Å²) in [6, 6.07) is 7.77. The van der Waals surface area contributed by atoms with E-state index in [1.54, 1.807) is 51.1 Å². The van der Waals surface area contributed by atoms with Crippen molar-refractivity contribution < 1.29 is 19.1 Å². The molecule has 1 unspecified atom stereocenters. The van der Waals surface area contributed by atoms with E-state index in [1.807, 2.05) is 0 Å². The van der Waals surface area contributed by atoms with E-state index in [-0.39, 0.29) is 13.0 Å². The van der Waals surface area contributed by atoms with Gasteiger partial charge in [0.1, 0.15) is 17.7 Å². The van der Waals surface area contributed by atoms with Gasteiger partial charge in [0.25, 0.3) is 0 Å². The minimum absolute atomic E-state index is 0.195. The van der Waals surface area contributed by atoms with Crippen molar-refractivity contribution in [3.8, 4) is 6.07 Å². The zero-order chi connectivity index (χ0) is 18.3. The van der Waals surface area contributed by atoms with Crippen LogP contribution in [0.1, 0.15) is 26.3 Å². The van der Waals surface area contributed by atoms with Gasteiger partial charge in [-0.1, -0.05) is 23.7 Å². The smallest absolute Gasteiger partial charge is 0.410 e. The number of esters is 1. The number of carbonyl (C=O) groups excluding carboxylic acids is 2. The number of carbonyl (C=O) groups is 2. The lowest BCUT2D eigenvalue weighted by molar-refractivity contribution is -0.147. The van der Waals surface area contributed by atoms with Crippen LogP contribution in [-0.4, -0.2) is 42.3 Å². The molecule has 0 radical (unpaired) electrons. The zero-order valence-electron chi connectivity index (χ0n) is 14.2. The van der Waals surface area contributed by atoms with E-state index in [0.29, 0.717) is 5.02 Å². The van der Waals surface area contributed by atoms with Crippen LogP contribution in [0, 0.1) is 11.3 Å². The number of nitriles is 1. The summed E-state index contributed by atoms with van der Waals surface area (Å²) in [5.74, 6) is -0.676. The maximum atomic E-state index is 12.2. The summed E-state index contributed by atoms with van der Waals surface area (Å²) in [5.41, 5.74) is 0.0690. The van der Waals surface area contributed by atoms with Crippen LogP contribution in [0.5, 0.6) is 0 Å². The Bertz CT molecular complexity index is 634. The van der Waals surface area contributed by atoms with Gasteiger partial charge in [-0.3, -0.25) is 4.90 Å². The Kier molecular flexibility index (Phi) is 7.05. The molecule has 1 aromatic carbocycles. The number of nitrogens with zero attached hydrogens (tertiary/aromatic N) is 2. The predicted molar refractivity (Wildman–Crippen MR) is 89.5 cm³/mol. The molecule has 0 aliphatic carbocycles. The maximum absolute atomic E-state index is 12.2. The molecule has 24 heavy (non-hydrogen) atoms. The molecule has 0 saturated carbocycles. The van der Waals surface area contributed by atoms with E-state index in [1.165, 1.54) is 11.9 Å². The van der Waals surface area contributed by atoms with E-state index in [2.05, 4.69) is 0 Å². The van der Waals surface area contributed by atoms with Crippen LogP contribution in [0.25, 0.3) is 0 Å². The fraction of sp³-hybridized carbons (Fsp3) is 0.471. The molecule has 0 fully saturated rings. The van der Waals surface area contributed by atoms with Gasteiger partial charge < -0.3 is 9.47 Å². The third-order valence-corrected chi connectivity index (χ3v) is 3.25. The first-order chi connectivity index (χ1) is 11.1. The lowest BCUT2D eigenvalue weighted by atomic mass is 10.1. The molecule has 1 aromatic rings. The summed E-state index contributed by atoms with van der Waals surface area (Å²) in [7, 11) is 1.46. The fourth-order valence-electron chi connectivity index (χ4n) is 1.93. The lowest BCUT2D eigenvalue weighted by Gasteiger charge is -2.29. The molecular formula is C17H21ClN2O4. The largest absolute Gasteiger partial charge is 0.449 e. The Morgan fingerprint density at radius 2 is 2.04 bits per heavy atom. The summed E-state index contributed by atoms with van der Waals surface area (Å²) >= 11 is 5.96. The first kappa shape index (κ1) is 19.8. The highest BCUT2D eigenvalue weighted by Gasteiger charge is 2.31. The van der Waals surface area contributed by atoms with E-state index >= 15 is 0 Å². The molecule has 1 rings (SSSR count). The SMILES string of the molecule is CN(C(=O)OC(C)(C)C)C(Cc1cccc(Cl)c1)C(=O)OCC#N. The molecule has 0 aliphatic rings. The summed E-state index contributed by atoms with van der Waals surface area (Å²) in [5, 5.41) is 9.10. The zero-order valence-corrected chi connectivity index (χ0v) is 15.0. The van der Waals surface area contributed by atoms with Crippen molar-refractivity contribution in [3.63, 3.8) is 0 Å². The molecule has 0 heterocycles. The van der Waals surface area contributed by atoms with Crippen LogP contribution >= 0.6 is 11.6 Å². The Morgan fingerprint density at radius 3 is 2.58 bits per heavy atom. The van der Waals surface area contributed by atoms with Gasteiger partial charge in [-0.2, -0.15) is 5.26 Å². The Balaban J connectivity index is 2.98. The predicted octanol–water partition coefficient (Wildman–Crippen LogP) is 3.18. The monoisotopic (exact) mass is 352 g/mol. The Hall–Kier alpha value is -2.26. The highest BCUT2D eigenvalue weighted by atomic mass is 35.5. The standard InChI is InChI=1S/C17H21ClN2O4/c1-17(2,3)24-16(22)20(4)14(15(21)23-9-8-19)11-12-6-5-7-13(18)10-12/h5-7,10,14H,9,11H2,1-4H3. The van der Waals surface area contributed by atoms with Crippen molar-refractivity contribution in [2.24, 2.45) is 0 Å². The molecule has 130 valence electrons. The first-order valence-corrected chi connectivity index (χ1v) is 7.75. The van der Waals surface area contributed by atoms with Gasteiger partial charge in [-0.25, -0.2) is 9.59 Å². The molecule has 1 atom stereocenters. The van der Waals surface area contributed by atoms with Crippen molar-refractivity contribution in [1.29, 1.82) is 5.26 Å². The quantitative estimate of drug-likeness (QED) is 0.760. The molecule has 6 nitrogen and oxygen atoms in total. The first-order valence-electron chi connectivity index (χ1n) is 7.38. The highest BCUT2D eigenvalue weighted by molar-refractivity contribution is 6.30. The van der Waals surface area contributed by atoms with Crippen molar-refractivity contribution in [2.45, 2.75) is 38.8 Å². The average molecular weight is 353 g/mol. The molecule has 0 spiro atoms.